The van der Waals surface area contributed by atoms with Gasteiger partial charge in [0.15, 0.2) is 0 Å². The van der Waals surface area contributed by atoms with E-state index in [4.69, 9.17) is 5.11 Å². The van der Waals surface area contributed by atoms with Crippen molar-refractivity contribution in [2.45, 2.75) is 19.4 Å². The Hall–Kier alpha value is -2.08. The molecule has 2 rings (SSSR count). The minimum Gasteiger partial charge on any atom is -0.447 e. The fourth-order valence-electron chi connectivity index (χ4n) is 2.08. The lowest BCUT2D eigenvalue weighted by Gasteiger charge is -2.16. The van der Waals surface area contributed by atoms with Crippen molar-refractivity contribution in [1.82, 2.24) is 5.32 Å². The van der Waals surface area contributed by atoms with E-state index < -0.39 is 6.09 Å². The Labute approximate surface area is 117 Å². The summed E-state index contributed by atoms with van der Waals surface area (Å²) in [4.78, 5) is 24.6. The van der Waals surface area contributed by atoms with E-state index in [2.05, 4.69) is 10.1 Å². The summed E-state index contributed by atoms with van der Waals surface area (Å²) >= 11 is 0. The smallest absolute Gasteiger partial charge is 0.407 e. The number of nitrogens with one attached hydrogen (secondary N) is 1. The van der Waals surface area contributed by atoms with Crippen LogP contribution >= 0.6 is 0 Å². The predicted molar refractivity (Wildman–Crippen MR) is 73.3 cm³/mol. The van der Waals surface area contributed by atoms with E-state index in [0.29, 0.717) is 13.0 Å². The molecule has 1 heterocycles. The summed E-state index contributed by atoms with van der Waals surface area (Å²) in [5, 5.41) is 11.1. The lowest BCUT2D eigenvalue weighted by atomic mass is 10.2. The SMILES string of the molecule is O=C(NCc1ccc(N2CCCC2=O)cc1)OCCO. The first-order valence-electron chi connectivity index (χ1n) is 6.61. The minimum absolute atomic E-state index is 0.0121. The topological polar surface area (TPSA) is 78.9 Å². The number of alkyl carbamates (subject to hydrolysis) is 1. The Morgan fingerprint density at radius 3 is 2.70 bits per heavy atom. The molecule has 1 fully saturated rings. The third-order valence-corrected chi connectivity index (χ3v) is 3.08. The predicted octanol–water partition coefficient (Wildman–Crippen LogP) is 1.03. The van der Waals surface area contributed by atoms with Crippen LogP contribution in [-0.4, -0.2) is 36.9 Å². The van der Waals surface area contributed by atoms with E-state index in [1.165, 1.54) is 0 Å². The fraction of sp³-hybridized carbons (Fsp3) is 0.429. The number of amides is 2. The maximum absolute atomic E-state index is 11.6. The molecule has 1 aliphatic heterocycles. The molecule has 0 unspecified atom stereocenters. The van der Waals surface area contributed by atoms with E-state index in [1.54, 1.807) is 4.90 Å². The van der Waals surface area contributed by atoms with Gasteiger partial charge >= 0.3 is 6.09 Å². The van der Waals surface area contributed by atoms with Crippen molar-refractivity contribution >= 4 is 17.7 Å². The summed E-state index contributed by atoms with van der Waals surface area (Å²) in [5.74, 6) is 0.156. The number of hydrogen-bond donors (Lipinski definition) is 2. The first-order chi connectivity index (χ1) is 9.70. The Kier molecular flexibility index (Phi) is 4.95. The van der Waals surface area contributed by atoms with Crippen molar-refractivity contribution in [2.75, 3.05) is 24.7 Å². The Bertz CT molecular complexity index is 473. The van der Waals surface area contributed by atoms with Gasteiger partial charge in [-0.3, -0.25) is 4.79 Å². The van der Waals surface area contributed by atoms with Gasteiger partial charge in [0, 0.05) is 25.2 Å². The van der Waals surface area contributed by atoms with Crippen LogP contribution in [0.5, 0.6) is 0 Å². The Balaban J connectivity index is 1.85. The molecule has 6 nitrogen and oxygen atoms in total. The van der Waals surface area contributed by atoms with Gasteiger partial charge in [0.2, 0.25) is 5.91 Å². The molecule has 0 aromatic heterocycles. The first-order valence-corrected chi connectivity index (χ1v) is 6.61. The number of carbonyl (C=O) groups is 2. The van der Waals surface area contributed by atoms with Gasteiger partial charge in [0.25, 0.3) is 0 Å². The second kappa shape index (κ2) is 6.91. The molecule has 1 saturated heterocycles. The Morgan fingerprint density at radius 1 is 1.35 bits per heavy atom. The number of anilines is 1. The zero-order valence-corrected chi connectivity index (χ0v) is 11.2. The highest BCUT2D eigenvalue weighted by Gasteiger charge is 2.21. The largest absolute Gasteiger partial charge is 0.447 e. The summed E-state index contributed by atoms with van der Waals surface area (Å²) in [7, 11) is 0. The van der Waals surface area contributed by atoms with Crippen LogP contribution in [0.2, 0.25) is 0 Å². The van der Waals surface area contributed by atoms with Gasteiger partial charge in [0.1, 0.15) is 6.61 Å². The van der Waals surface area contributed by atoms with Crippen LogP contribution in [0.3, 0.4) is 0 Å². The molecule has 1 aliphatic rings. The van der Waals surface area contributed by atoms with Gasteiger partial charge in [-0.15, -0.1) is 0 Å². The number of carbonyl (C=O) groups excluding carboxylic acids is 2. The highest BCUT2D eigenvalue weighted by atomic mass is 16.6. The van der Waals surface area contributed by atoms with Crippen molar-refractivity contribution in [3.05, 3.63) is 29.8 Å². The molecule has 2 N–H and O–H groups in total. The standard InChI is InChI=1S/C14H18N2O4/c17-8-9-20-14(19)15-10-11-3-5-12(6-4-11)16-7-1-2-13(16)18/h3-6,17H,1-2,7-10H2,(H,15,19). The summed E-state index contributed by atoms with van der Waals surface area (Å²) in [6.45, 7) is 0.913. The van der Waals surface area contributed by atoms with Crippen LogP contribution in [-0.2, 0) is 16.1 Å². The van der Waals surface area contributed by atoms with Gasteiger partial charge < -0.3 is 20.1 Å². The zero-order valence-electron chi connectivity index (χ0n) is 11.2. The van der Waals surface area contributed by atoms with Crippen molar-refractivity contribution in [3.8, 4) is 0 Å². The highest BCUT2D eigenvalue weighted by Crippen LogP contribution is 2.21. The lowest BCUT2D eigenvalue weighted by Crippen LogP contribution is -2.25. The average molecular weight is 278 g/mol. The molecule has 0 atom stereocenters. The van der Waals surface area contributed by atoms with E-state index in [1.807, 2.05) is 24.3 Å². The molecule has 0 bridgehead atoms. The summed E-state index contributed by atoms with van der Waals surface area (Å²) < 4.78 is 4.68. The van der Waals surface area contributed by atoms with Crippen LogP contribution in [0.1, 0.15) is 18.4 Å². The van der Waals surface area contributed by atoms with Gasteiger partial charge in [-0.1, -0.05) is 12.1 Å². The molecule has 0 saturated carbocycles. The number of benzene rings is 1. The molecule has 1 aromatic rings. The van der Waals surface area contributed by atoms with E-state index in [0.717, 1.165) is 24.2 Å². The molecular weight excluding hydrogens is 260 g/mol. The molecule has 0 radical (unpaired) electrons. The number of hydrogen-bond acceptors (Lipinski definition) is 4. The monoisotopic (exact) mass is 278 g/mol. The van der Waals surface area contributed by atoms with E-state index in [9.17, 15) is 9.59 Å². The average Bonchev–Trinajstić information content (AvgIpc) is 2.89. The zero-order chi connectivity index (χ0) is 14.4. The normalized spacial score (nSPS) is 14.4. The van der Waals surface area contributed by atoms with Crippen molar-refractivity contribution < 1.29 is 19.4 Å². The van der Waals surface area contributed by atoms with Crippen LogP contribution < -0.4 is 10.2 Å². The third-order valence-electron chi connectivity index (χ3n) is 3.08. The van der Waals surface area contributed by atoms with Gasteiger partial charge in [-0.2, -0.15) is 0 Å². The van der Waals surface area contributed by atoms with Crippen LogP contribution in [0.15, 0.2) is 24.3 Å². The van der Waals surface area contributed by atoms with Crippen LogP contribution in [0.4, 0.5) is 10.5 Å². The molecule has 1 aromatic carbocycles. The fourth-order valence-corrected chi connectivity index (χ4v) is 2.08. The molecule has 20 heavy (non-hydrogen) atoms. The number of rotatable bonds is 5. The summed E-state index contributed by atoms with van der Waals surface area (Å²) in [6, 6.07) is 7.49. The minimum atomic E-state index is -0.558. The van der Waals surface area contributed by atoms with Gasteiger partial charge in [-0.25, -0.2) is 4.79 Å². The number of nitrogens with zero attached hydrogens (tertiary/aromatic N) is 1. The van der Waals surface area contributed by atoms with Crippen molar-refractivity contribution in [1.29, 1.82) is 0 Å². The second-order valence-corrected chi connectivity index (χ2v) is 4.53. The van der Waals surface area contributed by atoms with Crippen molar-refractivity contribution in [3.63, 3.8) is 0 Å². The highest BCUT2D eigenvalue weighted by molar-refractivity contribution is 5.95. The number of ether oxygens (including phenoxy) is 1. The number of aliphatic hydroxyl groups excluding tert-OH is 1. The first kappa shape index (κ1) is 14.3. The van der Waals surface area contributed by atoms with E-state index >= 15 is 0 Å². The molecule has 0 spiro atoms. The summed E-state index contributed by atoms with van der Waals surface area (Å²) in [5.41, 5.74) is 1.81. The molecule has 0 aliphatic carbocycles. The number of aliphatic hydroxyl groups is 1. The van der Waals surface area contributed by atoms with Crippen LogP contribution in [0, 0.1) is 0 Å². The lowest BCUT2D eigenvalue weighted by molar-refractivity contribution is -0.117. The maximum Gasteiger partial charge on any atom is 0.407 e. The second-order valence-electron chi connectivity index (χ2n) is 4.53. The molecular formula is C14H18N2O4. The third kappa shape index (κ3) is 3.71. The summed E-state index contributed by atoms with van der Waals surface area (Å²) in [6.07, 6.45) is 0.955. The van der Waals surface area contributed by atoms with Gasteiger partial charge in [0.05, 0.1) is 6.61 Å². The van der Waals surface area contributed by atoms with E-state index in [-0.39, 0.29) is 19.1 Å². The van der Waals surface area contributed by atoms with Crippen LogP contribution in [0.25, 0.3) is 0 Å². The Morgan fingerprint density at radius 2 is 2.10 bits per heavy atom. The maximum atomic E-state index is 11.6. The molecule has 2 amide bonds. The molecule has 108 valence electrons. The van der Waals surface area contributed by atoms with Crippen molar-refractivity contribution in [2.24, 2.45) is 0 Å². The van der Waals surface area contributed by atoms with Gasteiger partial charge in [-0.05, 0) is 24.1 Å². The molecule has 6 heteroatoms. The quantitative estimate of drug-likeness (QED) is 0.843.